The molecule has 5 heteroatoms. The molecule has 0 unspecified atom stereocenters. The summed E-state index contributed by atoms with van der Waals surface area (Å²) in [6.45, 7) is 1.74. The quantitative estimate of drug-likeness (QED) is 0.925. The Morgan fingerprint density at radius 3 is 2.77 bits per heavy atom. The van der Waals surface area contributed by atoms with Gasteiger partial charge in [0.05, 0.1) is 5.56 Å². The number of amides is 1. The Kier molecular flexibility index (Phi) is 4.57. The number of rotatable bonds is 4. The lowest BCUT2D eigenvalue weighted by atomic mass is 9.90. The zero-order chi connectivity index (χ0) is 15.4. The molecule has 0 radical (unpaired) electrons. The van der Waals surface area contributed by atoms with E-state index >= 15 is 0 Å². The number of nitrogens with zero attached hydrogens (tertiary/aromatic N) is 3. The minimum atomic E-state index is 0.207. The van der Waals surface area contributed by atoms with Gasteiger partial charge < -0.3 is 10.2 Å². The third-order valence-electron chi connectivity index (χ3n) is 4.77. The van der Waals surface area contributed by atoms with Gasteiger partial charge in [-0.05, 0) is 50.2 Å². The van der Waals surface area contributed by atoms with Crippen LogP contribution in [0.2, 0.25) is 0 Å². The third kappa shape index (κ3) is 3.38. The van der Waals surface area contributed by atoms with E-state index in [-0.39, 0.29) is 5.91 Å². The standard InChI is InChI=1S/C17H22N4O/c18-12-14-3-2-8-19-17(14)21-9-6-13(7-10-21)11-16(22)20-15-4-1-5-15/h2-3,8,13,15H,1,4-7,9-11H2,(H,20,22). The molecule has 1 N–H and O–H groups in total. The van der Waals surface area contributed by atoms with Gasteiger partial charge in [0.15, 0.2) is 0 Å². The molecule has 22 heavy (non-hydrogen) atoms. The number of piperidine rings is 1. The van der Waals surface area contributed by atoms with Crippen LogP contribution in [0, 0.1) is 17.2 Å². The van der Waals surface area contributed by atoms with E-state index in [0.29, 0.717) is 23.9 Å². The van der Waals surface area contributed by atoms with Gasteiger partial charge in [-0.2, -0.15) is 5.26 Å². The minimum Gasteiger partial charge on any atom is -0.356 e. The summed E-state index contributed by atoms with van der Waals surface area (Å²) in [5, 5.41) is 12.3. The second-order valence-corrected chi connectivity index (χ2v) is 6.32. The SMILES string of the molecule is N#Cc1cccnc1N1CCC(CC(=O)NC2CCC2)CC1. The summed E-state index contributed by atoms with van der Waals surface area (Å²) in [7, 11) is 0. The Morgan fingerprint density at radius 1 is 1.36 bits per heavy atom. The first-order valence-electron chi connectivity index (χ1n) is 8.15. The van der Waals surface area contributed by atoms with E-state index in [4.69, 9.17) is 5.26 Å². The average Bonchev–Trinajstić information content (AvgIpc) is 2.52. The van der Waals surface area contributed by atoms with Crippen molar-refractivity contribution < 1.29 is 4.79 Å². The van der Waals surface area contributed by atoms with Gasteiger partial charge in [0.1, 0.15) is 11.9 Å². The predicted octanol–water partition coefficient (Wildman–Crippen LogP) is 2.23. The van der Waals surface area contributed by atoms with Crippen molar-refractivity contribution in [3.8, 4) is 6.07 Å². The number of aromatic nitrogens is 1. The van der Waals surface area contributed by atoms with Crippen molar-refractivity contribution >= 4 is 11.7 Å². The van der Waals surface area contributed by atoms with Gasteiger partial charge in [-0.15, -0.1) is 0 Å². The lowest BCUT2D eigenvalue weighted by Gasteiger charge is -2.33. The number of carbonyl (C=O) groups excluding carboxylic acids is 1. The third-order valence-corrected chi connectivity index (χ3v) is 4.77. The molecule has 0 bridgehead atoms. The Labute approximate surface area is 131 Å². The molecule has 0 spiro atoms. The first-order valence-corrected chi connectivity index (χ1v) is 8.15. The molecule has 1 aromatic heterocycles. The van der Waals surface area contributed by atoms with Gasteiger partial charge in [0, 0.05) is 31.7 Å². The number of pyridine rings is 1. The van der Waals surface area contributed by atoms with Crippen LogP contribution in [0.4, 0.5) is 5.82 Å². The van der Waals surface area contributed by atoms with Gasteiger partial charge in [0.2, 0.25) is 5.91 Å². The molecule has 1 saturated carbocycles. The monoisotopic (exact) mass is 298 g/mol. The molecule has 116 valence electrons. The second kappa shape index (κ2) is 6.78. The number of hydrogen-bond donors (Lipinski definition) is 1. The number of carbonyl (C=O) groups is 1. The molecule has 5 nitrogen and oxygen atoms in total. The molecule has 0 atom stereocenters. The van der Waals surface area contributed by atoms with Crippen molar-refractivity contribution in [2.24, 2.45) is 5.92 Å². The van der Waals surface area contributed by atoms with Crippen LogP contribution in [0.5, 0.6) is 0 Å². The van der Waals surface area contributed by atoms with E-state index in [9.17, 15) is 4.79 Å². The maximum absolute atomic E-state index is 12.0. The van der Waals surface area contributed by atoms with Crippen molar-refractivity contribution in [1.82, 2.24) is 10.3 Å². The Hall–Kier alpha value is -2.09. The first-order chi connectivity index (χ1) is 10.8. The van der Waals surface area contributed by atoms with Crippen LogP contribution in [0.1, 0.15) is 44.1 Å². The van der Waals surface area contributed by atoms with E-state index in [1.807, 2.05) is 0 Å². The fourth-order valence-electron chi connectivity index (χ4n) is 3.19. The zero-order valence-electron chi connectivity index (χ0n) is 12.8. The first kappa shape index (κ1) is 14.8. The summed E-state index contributed by atoms with van der Waals surface area (Å²) >= 11 is 0. The molecular weight excluding hydrogens is 276 g/mol. The number of anilines is 1. The van der Waals surface area contributed by atoms with Crippen LogP contribution in [0.3, 0.4) is 0 Å². The van der Waals surface area contributed by atoms with Gasteiger partial charge in [-0.25, -0.2) is 4.98 Å². The van der Waals surface area contributed by atoms with E-state index in [1.54, 1.807) is 18.3 Å². The highest BCUT2D eigenvalue weighted by Crippen LogP contribution is 2.26. The molecule has 3 rings (SSSR count). The summed E-state index contributed by atoms with van der Waals surface area (Å²) in [4.78, 5) is 18.5. The molecule has 1 amide bonds. The van der Waals surface area contributed by atoms with Crippen molar-refractivity contribution in [3.63, 3.8) is 0 Å². The van der Waals surface area contributed by atoms with Crippen molar-refractivity contribution in [1.29, 1.82) is 5.26 Å². The lowest BCUT2D eigenvalue weighted by molar-refractivity contribution is -0.123. The van der Waals surface area contributed by atoms with Gasteiger partial charge in [-0.3, -0.25) is 4.79 Å². The molecule has 2 aliphatic rings. The summed E-state index contributed by atoms with van der Waals surface area (Å²) in [5.41, 5.74) is 0.628. The highest BCUT2D eigenvalue weighted by molar-refractivity contribution is 5.76. The fraction of sp³-hybridized carbons (Fsp3) is 0.588. The van der Waals surface area contributed by atoms with Crippen LogP contribution < -0.4 is 10.2 Å². The summed E-state index contributed by atoms with van der Waals surface area (Å²) in [6.07, 6.45) is 7.86. The molecule has 1 saturated heterocycles. The zero-order valence-corrected chi connectivity index (χ0v) is 12.8. The average molecular weight is 298 g/mol. The van der Waals surface area contributed by atoms with Crippen LogP contribution >= 0.6 is 0 Å². The van der Waals surface area contributed by atoms with Crippen LogP contribution in [0.15, 0.2) is 18.3 Å². The number of nitrogens with one attached hydrogen (secondary N) is 1. The van der Waals surface area contributed by atoms with Crippen LogP contribution in [-0.4, -0.2) is 30.0 Å². The van der Waals surface area contributed by atoms with Gasteiger partial charge in [-0.1, -0.05) is 0 Å². The summed E-state index contributed by atoms with van der Waals surface area (Å²) in [5.74, 6) is 1.44. The molecule has 1 aliphatic carbocycles. The molecular formula is C17H22N4O. The molecule has 1 aromatic rings. The largest absolute Gasteiger partial charge is 0.356 e. The molecule has 1 aliphatic heterocycles. The normalized spacial score (nSPS) is 19.3. The fourth-order valence-corrected chi connectivity index (χ4v) is 3.19. The van der Waals surface area contributed by atoms with Crippen LogP contribution in [0.25, 0.3) is 0 Å². The summed E-state index contributed by atoms with van der Waals surface area (Å²) in [6, 6.07) is 6.23. The minimum absolute atomic E-state index is 0.207. The lowest BCUT2D eigenvalue weighted by Crippen LogP contribution is -2.41. The maximum atomic E-state index is 12.0. The van der Waals surface area contributed by atoms with Gasteiger partial charge in [0.25, 0.3) is 0 Å². The highest BCUT2D eigenvalue weighted by Gasteiger charge is 2.25. The second-order valence-electron chi connectivity index (χ2n) is 6.32. The Bertz CT molecular complexity index is 568. The van der Waals surface area contributed by atoms with E-state index < -0.39 is 0 Å². The van der Waals surface area contributed by atoms with Crippen molar-refractivity contribution in [2.75, 3.05) is 18.0 Å². The van der Waals surface area contributed by atoms with Gasteiger partial charge >= 0.3 is 0 Å². The van der Waals surface area contributed by atoms with E-state index in [0.717, 1.165) is 44.6 Å². The van der Waals surface area contributed by atoms with Crippen molar-refractivity contribution in [2.45, 2.75) is 44.6 Å². The topological polar surface area (TPSA) is 69.0 Å². The smallest absolute Gasteiger partial charge is 0.220 e. The Morgan fingerprint density at radius 2 is 2.14 bits per heavy atom. The maximum Gasteiger partial charge on any atom is 0.220 e. The summed E-state index contributed by atoms with van der Waals surface area (Å²) < 4.78 is 0. The molecule has 0 aromatic carbocycles. The number of nitriles is 1. The van der Waals surface area contributed by atoms with Crippen molar-refractivity contribution in [3.05, 3.63) is 23.9 Å². The molecule has 2 heterocycles. The van der Waals surface area contributed by atoms with E-state index in [2.05, 4.69) is 21.3 Å². The van der Waals surface area contributed by atoms with E-state index in [1.165, 1.54) is 6.42 Å². The Balaban J connectivity index is 1.49. The molecule has 2 fully saturated rings. The highest BCUT2D eigenvalue weighted by atomic mass is 16.1. The predicted molar refractivity (Wildman–Crippen MR) is 84.3 cm³/mol. The van der Waals surface area contributed by atoms with Crippen LogP contribution in [-0.2, 0) is 4.79 Å². The number of hydrogen-bond acceptors (Lipinski definition) is 4.